The smallest absolute Gasteiger partial charge is 0.387 e. The quantitative estimate of drug-likeness (QED) is 0.869. The van der Waals surface area contributed by atoms with Gasteiger partial charge in [-0.3, -0.25) is 4.79 Å². The first-order chi connectivity index (χ1) is 9.95. The monoisotopic (exact) mass is 355 g/mol. The zero-order valence-corrected chi connectivity index (χ0v) is 12.7. The normalized spacial score (nSPS) is 10.5. The molecule has 6 heteroatoms. The number of ether oxygens (including phenoxy) is 1. The average Bonchev–Trinajstić information content (AvgIpc) is 2.39. The number of hydrogen-bond acceptors (Lipinski definition) is 2. The number of para-hydroxylation sites is 2. The SMILES string of the molecule is Cc1cc(Br)cc(C(=O)Nc2ccccc2OC(F)F)c1. The van der Waals surface area contributed by atoms with Crippen LogP contribution in [-0.4, -0.2) is 12.5 Å². The Labute approximate surface area is 129 Å². The highest BCUT2D eigenvalue weighted by atomic mass is 79.9. The van der Waals surface area contributed by atoms with Gasteiger partial charge in [-0.2, -0.15) is 8.78 Å². The molecule has 0 saturated carbocycles. The molecule has 21 heavy (non-hydrogen) atoms. The van der Waals surface area contributed by atoms with Crippen LogP contribution in [0.25, 0.3) is 0 Å². The molecule has 0 aliphatic heterocycles. The Balaban J connectivity index is 2.23. The molecule has 0 unspecified atom stereocenters. The molecule has 1 amide bonds. The lowest BCUT2D eigenvalue weighted by atomic mass is 10.1. The van der Waals surface area contributed by atoms with Crippen molar-refractivity contribution in [2.45, 2.75) is 13.5 Å². The third-order valence-corrected chi connectivity index (χ3v) is 3.11. The van der Waals surface area contributed by atoms with Gasteiger partial charge in [0.25, 0.3) is 5.91 Å². The van der Waals surface area contributed by atoms with Crippen LogP contribution in [0.5, 0.6) is 5.75 Å². The summed E-state index contributed by atoms with van der Waals surface area (Å²) in [4.78, 5) is 12.2. The summed E-state index contributed by atoms with van der Waals surface area (Å²) < 4.78 is 29.8. The summed E-state index contributed by atoms with van der Waals surface area (Å²) in [5, 5.41) is 2.57. The Hall–Kier alpha value is -1.95. The van der Waals surface area contributed by atoms with Crippen molar-refractivity contribution in [3.63, 3.8) is 0 Å². The molecule has 0 spiro atoms. The molecule has 0 aromatic heterocycles. The number of anilines is 1. The Morgan fingerprint density at radius 3 is 2.62 bits per heavy atom. The average molecular weight is 356 g/mol. The summed E-state index contributed by atoms with van der Waals surface area (Å²) in [6.07, 6.45) is 0. The van der Waals surface area contributed by atoms with Gasteiger partial charge in [-0.15, -0.1) is 0 Å². The Bertz CT molecular complexity index is 642. The van der Waals surface area contributed by atoms with E-state index in [1.807, 2.05) is 13.0 Å². The first kappa shape index (κ1) is 15.4. The third-order valence-electron chi connectivity index (χ3n) is 2.66. The van der Waals surface area contributed by atoms with Crippen LogP contribution in [-0.2, 0) is 0 Å². The van der Waals surface area contributed by atoms with Gasteiger partial charge in [-0.25, -0.2) is 0 Å². The highest BCUT2D eigenvalue weighted by Gasteiger charge is 2.13. The van der Waals surface area contributed by atoms with E-state index in [-0.39, 0.29) is 11.4 Å². The molecule has 110 valence electrons. The largest absolute Gasteiger partial charge is 0.433 e. The zero-order valence-electron chi connectivity index (χ0n) is 11.1. The van der Waals surface area contributed by atoms with Gasteiger partial charge in [-0.05, 0) is 42.8 Å². The minimum Gasteiger partial charge on any atom is -0.433 e. The molecule has 2 rings (SSSR count). The molecule has 3 nitrogen and oxygen atoms in total. The van der Waals surface area contributed by atoms with E-state index in [1.54, 1.807) is 24.3 Å². The minimum atomic E-state index is -2.95. The maximum absolute atomic E-state index is 12.3. The van der Waals surface area contributed by atoms with Gasteiger partial charge in [0, 0.05) is 10.0 Å². The second-order valence-electron chi connectivity index (χ2n) is 4.35. The van der Waals surface area contributed by atoms with Crippen LogP contribution in [0.15, 0.2) is 46.9 Å². The molecule has 0 aliphatic rings. The van der Waals surface area contributed by atoms with Crippen LogP contribution in [0.1, 0.15) is 15.9 Å². The molecule has 0 radical (unpaired) electrons. The van der Waals surface area contributed by atoms with Gasteiger partial charge < -0.3 is 10.1 Å². The number of nitrogens with one attached hydrogen (secondary N) is 1. The van der Waals surface area contributed by atoms with E-state index in [1.165, 1.54) is 12.1 Å². The topological polar surface area (TPSA) is 38.3 Å². The number of aryl methyl sites for hydroxylation is 1. The van der Waals surface area contributed by atoms with E-state index in [4.69, 9.17) is 0 Å². The molecule has 0 atom stereocenters. The first-order valence-corrected chi connectivity index (χ1v) is 6.87. The van der Waals surface area contributed by atoms with Crippen molar-refractivity contribution in [1.29, 1.82) is 0 Å². The fraction of sp³-hybridized carbons (Fsp3) is 0.133. The van der Waals surface area contributed by atoms with Crippen molar-refractivity contribution in [2.75, 3.05) is 5.32 Å². The van der Waals surface area contributed by atoms with E-state index in [0.717, 1.165) is 10.0 Å². The lowest BCUT2D eigenvalue weighted by Gasteiger charge is -2.12. The van der Waals surface area contributed by atoms with Crippen molar-refractivity contribution in [2.24, 2.45) is 0 Å². The van der Waals surface area contributed by atoms with Crippen LogP contribution in [0.4, 0.5) is 14.5 Å². The van der Waals surface area contributed by atoms with E-state index in [2.05, 4.69) is 26.0 Å². The maximum Gasteiger partial charge on any atom is 0.387 e. The van der Waals surface area contributed by atoms with E-state index in [0.29, 0.717) is 5.56 Å². The lowest BCUT2D eigenvalue weighted by Crippen LogP contribution is -2.14. The van der Waals surface area contributed by atoms with Crippen molar-refractivity contribution >= 4 is 27.5 Å². The number of amides is 1. The van der Waals surface area contributed by atoms with Crippen LogP contribution < -0.4 is 10.1 Å². The van der Waals surface area contributed by atoms with Gasteiger partial charge >= 0.3 is 6.61 Å². The summed E-state index contributed by atoms with van der Waals surface area (Å²) in [6, 6.07) is 11.3. The standard InChI is InChI=1S/C15H12BrF2NO2/c1-9-6-10(8-11(16)7-9)14(20)19-12-4-2-3-5-13(12)21-15(17)18/h2-8,15H,1H3,(H,19,20). The summed E-state index contributed by atoms with van der Waals surface area (Å²) in [7, 11) is 0. The molecule has 0 aliphatic carbocycles. The minimum absolute atomic E-state index is 0.0763. The Morgan fingerprint density at radius 1 is 1.24 bits per heavy atom. The van der Waals surface area contributed by atoms with Crippen LogP contribution >= 0.6 is 15.9 Å². The number of rotatable bonds is 4. The summed E-state index contributed by atoms with van der Waals surface area (Å²) in [5.41, 5.74) is 1.53. The lowest BCUT2D eigenvalue weighted by molar-refractivity contribution is -0.0493. The number of carbonyl (C=O) groups excluding carboxylic acids is 1. The van der Waals surface area contributed by atoms with Gasteiger partial charge in [0.05, 0.1) is 5.69 Å². The van der Waals surface area contributed by atoms with E-state index >= 15 is 0 Å². The van der Waals surface area contributed by atoms with Crippen molar-refractivity contribution in [3.8, 4) is 5.75 Å². The second-order valence-corrected chi connectivity index (χ2v) is 5.26. The number of halogens is 3. The molecule has 2 aromatic carbocycles. The predicted molar refractivity (Wildman–Crippen MR) is 79.9 cm³/mol. The van der Waals surface area contributed by atoms with Crippen molar-refractivity contribution in [3.05, 3.63) is 58.1 Å². The van der Waals surface area contributed by atoms with Crippen molar-refractivity contribution < 1.29 is 18.3 Å². The number of hydrogen-bond donors (Lipinski definition) is 1. The number of carbonyl (C=O) groups is 1. The molecule has 0 saturated heterocycles. The fourth-order valence-corrected chi connectivity index (χ4v) is 2.44. The Kier molecular flexibility index (Phi) is 4.90. The zero-order chi connectivity index (χ0) is 15.4. The summed E-state index contributed by atoms with van der Waals surface area (Å²) in [5.74, 6) is -0.475. The van der Waals surface area contributed by atoms with Crippen molar-refractivity contribution in [1.82, 2.24) is 0 Å². The Morgan fingerprint density at radius 2 is 1.95 bits per heavy atom. The molecule has 1 N–H and O–H groups in total. The highest BCUT2D eigenvalue weighted by molar-refractivity contribution is 9.10. The summed E-state index contributed by atoms with van der Waals surface area (Å²) >= 11 is 3.31. The highest BCUT2D eigenvalue weighted by Crippen LogP contribution is 2.26. The van der Waals surface area contributed by atoms with Gasteiger partial charge in [0.15, 0.2) is 0 Å². The second kappa shape index (κ2) is 6.67. The van der Waals surface area contributed by atoms with E-state index in [9.17, 15) is 13.6 Å². The molecular formula is C15H12BrF2NO2. The van der Waals surface area contributed by atoms with Crippen LogP contribution in [0.2, 0.25) is 0 Å². The molecule has 0 bridgehead atoms. The van der Waals surface area contributed by atoms with Crippen LogP contribution in [0.3, 0.4) is 0 Å². The molecule has 2 aromatic rings. The third kappa shape index (κ3) is 4.26. The maximum atomic E-state index is 12.3. The van der Waals surface area contributed by atoms with Gasteiger partial charge in [-0.1, -0.05) is 28.1 Å². The molecular weight excluding hydrogens is 344 g/mol. The number of alkyl halides is 2. The van der Waals surface area contributed by atoms with Gasteiger partial charge in [0.2, 0.25) is 0 Å². The summed E-state index contributed by atoms with van der Waals surface area (Å²) in [6.45, 7) is -1.09. The van der Waals surface area contributed by atoms with E-state index < -0.39 is 12.5 Å². The first-order valence-electron chi connectivity index (χ1n) is 6.08. The molecule has 0 heterocycles. The number of benzene rings is 2. The van der Waals surface area contributed by atoms with Crippen LogP contribution in [0, 0.1) is 6.92 Å². The van der Waals surface area contributed by atoms with Gasteiger partial charge in [0.1, 0.15) is 5.75 Å². The predicted octanol–water partition coefficient (Wildman–Crippen LogP) is 4.61. The molecule has 0 fully saturated rings. The fourth-order valence-electron chi connectivity index (χ4n) is 1.83.